The summed E-state index contributed by atoms with van der Waals surface area (Å²) in [5, 5.41) is 9.06. The van der Waals surface area contributed by atoms with Gasteiger partial charge in [0.25, 0.3) is 0 Å². The van der Waals surface area contributed by atoms with E-state index in [0.29, 0.717) is 19.5 Å². The smallest absolute Gasteiger partial charge is 0.235 e. The summed E-state index contributed by atoms with van der Waals surface area (Å²) in [4.78, 5) is 34.5. The number of amides is 2. The molecule has 33 heavy (non-hydrogen) atoms. The molecule has 1 aliphatic heterocycles. The molecule has 1 atom stereocenters. The van der Waals surface area contributed by atoms with E-state index < -0.39 is 5.92 Å². The van der Waals surface area contributed by atoms with Gasteiger partial charge in [-0.1, -0.05) is 71.9 Å². The summed E-state index contributed by atoms with van der Waals surface area (Å²) in [6.07, 6.45) is 0.735. The molecule has 2 aromatic carbocycles. The Bertz CT molecular complexity index is 1040. The topological polar surface area (TPSA) is 71.0 Å². The molecular formula is C26H27N3O3S. The molecule has 0 saturated carbocycles. The van der Waals surface area contributed by atoms with Crippen molar-refractivity contribution >= 4 is 28.9 Å². The van der Waals surface area contributed by atoms with Gasteiger partial charge in [0.05, 0.1) is 24.7 Å². The van der Waals surface area contributed by atoms with Crippen molar-refractivity contribution in [2.45, 2.75) is 31.3 Å². The number of nitrogens with zero attached hydrogens (tertiary/aromatic N) is 2. The van der Waals surface area contributed by atoms with Crippen molar-refractivity contribution in [1.82, 2.24) is 10.2 Å². The van der Waals surface area contributed by atoms with Gasteiger partial charge in [0, 0.05) is 23.8 Å². The van der Waals surface area contributed by atoms with Crippen molar-refractivity contribution in [3.05, 3.63) is 94.2 Å². The zero-order valence-electron chi connectivity index (χ0n) is 18.5. The van der Waals surface area contributed by atoms with Crippen LogP contribution >= 0.6 is 11.3 Å². The van der Waals surface area contributed by atoms with Gasteiger partial charge in [-0.3, -0.25) is 9.59 Å². The van der Waals surface area contributed by atoms with Crippen LogP contribution in [0.2, 0.25) is 0 Å². The Morgan fingerprint density at radius 3 is 2.30 bits per heavy atom. The molecule has 1 fully saturated rings. The van der Waals surface area contributed by atoms with E-state index in [2.05, 4.69) is 10.5 Å². The van der Waals surface area contributed by atoms with Crippen LogP contribution < -0.4 is 5.32 Å². The average molecular weight is 462 g/mol. The van der Waals surface area contributed by atoms with E-state index in [9.17, 15) is 9.59 Å². The lowest BCUT2D eigenvalue weighted by molar-refractivity contribution is -0.133. The van der Waals surface area contributed by atoms with Gasteiger partial charge >= 0.3 is 0 Å². The van der Waals surface area contributed by atoms with E-state index in [1.165, 1.54) is 7.11 Å². The molecule has 1 aromatic heterocycles. The number of nitrogens with one attached hydrogen (secondary N) is 1. The molecule has 3 aromatic rings. The zero-order valence-corrected chi connectivity index (χ0v) is 19.3. The number of carbonyl (C=O) groups excluding carboxylic acids is 2. The van der Waals surface area contributed by atoms with Crippen LogP contribution in [-0.2, 0) is 21.0 Å². The van der Waals surface area contributed by atoms with Crippen molar-refractivity contribution in [2.75, 3.05) is 13.7 Å². The number of hydrogen-bond acceptors (Lipinski definition) is 5. The van der Waals surface area contributed by atoms with Crippen molar-refractivity contribution in [3.63, 3.8) is 0 Å². The summed E-state index contributed by atoms with van der Waals surface area (Å²) in [5.74, 6) is -0.573. The number of thiophene rings is 1. The number of carbonyl (C=O) groups is 2. The van der Waals surface area contributed by atoms with Gasteiger partial charge in [0.15, 0.2) is 0 Å². The second-order valence-corrected chi connectivity index (χ2v) is 9.01. The second kappa shape index (κ2) is 10.9. The van der Waals surface area contributed by atoms with Gasteiger partial charge in [0.2, 0.25) is 11.8 Å². The molecule has 0 bridgehead atoms. The first-order valence-corrected chi connectivity index (χ1v) is 11.8. The van der Waals surface area contributed by atoms with Crippen molar-refractivity contribution < 1.29 is 14.4 Å². The lowest BCUT2D eigenvalue weighted by Crippen LogP contribution is -2.41. The Hall–Kier alpha value is -3.45. The van der Waals surface area contributed by atoms with E-state index in [0.717, 1.165) is 21.7 Å². The maximum absolute atomic E-state index is 13.9. The Balaban J connectivity index is 1.56. The number of rotatable bonds is 8. The summed E-state index contributed by atoms with van der Waals surface area (Å²) in [7, 11) is 1.50. The Morgan fingerprint density at radius 2 is 1.73 bits per heavy atom. The largest absolute Gasteiger partial charge is 0.399 e. The number of likely N-dealkylation sites (tertiary alicyclic amines) is 1. The molecule has 6 nitrogen and oxygen atoms in total. The third kappa shape index (κ3) is 5.68. The van der Waals surface area contributed by atoms with E-state index in [1.807, 2.05) is 78.2 Å². The van der Waals surface area contributed by atoms with E-state index in [-0.39, 0.29) is 24.3 Å². The fourth-order valence-corrected chi connectivity index (χ4v) is 4.87. The Kier molecular flexibility index (Phi) is 7.52. The lowest BCUT2D eigenvalue weighted by Gasteiger charge is -2.29. The highest BCUT2D eigenvalue weighted by Crippen LogP contribution is 2.31. The van der Waals surface area contributed by atoms with E-state index in [4.69, 9.17) is 4.84 Å². The highest BCUT2D eigenvalue weighted by Gasteiger charge is 2.38. The Labute approximate surface area is 197 Å². The van der Waals surface area contributed by atoms with Gasteiger partial charge in [-0.2, -0.15) is 0 Å². The molecular weight excluding hydrogens is 434 g/mol. The van der Waals surface area contributed by atoms with Crippen molar-refractivity contribution in [2.24, 2.45) is 5.16 Å². The molecule has 1 aliphatic rings. The van der Waals surface area contributed by atoms with Crippen LogP contribution in [0.4, 0.5) is 0 Å². The minimum Gasteiger partial charge on any atom is -0.399 e. The molecule has 0 aliphatic carbocycles. The lowest BCUT2D eigenvalue weighted by atomic mass is 9.89. The molecule has 0 radical (unpaired) electrons. The van der Waals surface area contributed by atoms with Gasteiger partial charge in [-0.15, -0.1) is 11.3 Å². The third-order valence-electron chi connectivity index (χ3n) is 5.74. The summed E-state index contributed by atoms with van der Waals surface area (Å²) in [6, 6.07) is 23.2. The fourth-order valence-electron chi connectivity index (χ4n) is 4.23. The quantitative estimate of drug-likeness (QED) is 0.512. The SMILES string of the molecule is CON=C1C[C@@H](CC(=O)NCc2cccs2)N(C(=O)C(c2ccccc2)c2ccccc2)C1. The standard InChI is InChI=1S/C26H27N3O3S/c1-32-28-21-15-22(16-24(30)27-17-23-13-8-14-33-23)29(18-21)26(31)25(19-9-4-2-5-10-19)20-11-6-3-7-12-20/h2-14,22,25H,15-18H2,1H3,(H,27,30)/t22-/m0/s1. The number of benzene rings is 2. The first-order chi connectivity index (χ1) is 16.2. The number of oxime groups is 1. The molecule has 1 N–H and O–H groups in total. The first kappa shape index (κ1) is 22.7. The monoisotopic (exact) mass is 461 g/mol. The third-order valence-corrected chi connectivity index (χ3v) is 6.62. The Morgan fingerprint density at radius 1 is 1.06 bits per heavy atom. The van der Waals surface area contributed by atoms with Gasteiger partial charge in [-0.25, -0.2) is 0 Å². The minimum atomic E-state index is -0.453. The second-order valence-electron chi connectivity index (χ2n) is 7.98. The normalized spacial score (nSPS) is 16.8. The fraction of sp³-hybridized carbons (Fsp3) is 0.269. The van der Waals surface area contributed by atoms with Gasteiger partial charge in [0.1, 0.15) is 7.11 Å². The van der Waals surface area contributed by atoms with E-state index >= 15 is 0 Å². The predicted octanol–water partition coefficient (Wildman–Crippen LogP) is 4.19. The maximum atomic E-state index is 13.9. The summed E-state index contributed by atoms with van der Waals surface area (Å²) in [5.41, 5.74) is 2.61. The summed E-state index contributed by atoms with van der Waals surface area (Å²) >= 11 is 1.60. The minimum absolute atomic E-state index is 0.0373. The molecule has 0 spiro atoms. The van der Waals surface area contributed by atoms with E-state index in [1.54, 1.807) is 16.2 Å². The predicted molar refractivity (Wildman–Crippen MR) is 130 cm³/mol. The maximum Gasteiger partial charge on any atom is 0.235 e. The highest BCUT2D eigenvalue weighted by molar-refractivity contribution is 7.09. The van der Waals surface area contributed by atoms with Crippen molar-refractivity contribution in [1.29, 1.82) is 0 Å². The zero-order chi connectivity index (χ0) is 23.0. The van der Waals surface area contributed by atoms with Crippen LogP contribution in [0.15, 0.2) is 83.3 Å². The van der Waals surface area contributed by atoms with Gasteiger partial charge < -0.3 is 15.1 Å². The van der Waals surface area contributed by atoms with Crippen LogP contribution in [0.1, 0.15) is 34.8 Å². The molecule has 2 amide bonds. The summed E-state index contributed by atoms with van der Waals surface area (Å²) < 4.78 is 0. The van der Waals surface area contributed by atoms with Crippen LogP contribution in [0, 0.1) is 0 Å². The molecule has 7 heteroatoms. The van der Waals surface area contributed by atoms with Crippen LogP contribution in [0.25, 0.3) is 0 Å². The van der Waals surface area contributed by atoms with Crippen LogP contribution in [-0.4, -0.2) is 42.1 Å². The van der Waals surface area contributed by atoms with Crippen LogP contribution in [0.3, 0.4) is 0 Å². The molecule has 2 heterocycles. The molecule has 0 unspecified atom stereocenters. The van der Waals surface area contributed by atoms with Crippen molar-refractivity contribution in [3.8, 4) is 0 Å². The highest BCUT2D eigenvalue weighted by atomic mass is 32.1. The average Bonchev–Trinajstić information content (AvgIpc) is 3.50. The number of hydrogen-bond donors (Lipinski definition) is 1. The molecule has 4 rings (SSSR count). The molecule has 170 valence electrons. The first-order valence-electron chi connectivity index (χ1n) is 10.9. The summed E-state index contributed by atoms with van der Waals surface area (Å²) in [6.45, 7) is 0.846. The molecule has 1 saturated heterocycles. The van der Waals surface area contributed by atoms with Gasteiger partial charge in [-0.05, 0) is 22.6 Å². The van der Waals surface area contributed by atoms with Crippen LogP contribution in [0.5, 0.6) is 0 Å².